The van der Waals surface area contributed by atoms with E-state index >= 15 is 0 Å². The first kappa shape index (κ1) is 18.5. The summed E-state index contributed by atoms with van der Waals surface area (Å²) >= 11 is 0. The van der Waals surface area contributed by atoms with E-state index in [-0.39, 0.29) is 13.0 Å². The Morgan fingerprint density at radius 1 is 1.25 bits per heavy atom. The molecule has 0 saturated carbocycles. The van der Waals surface area contributed by atoms with Crippen LogP contribution in [0.4, 0.5) is 22.4 Å². The van der Waals surface area contributed by atoms with Gasteiger partial charge in [-0.1, -0.05) is 0 Å². The van der Waals surface area contributed by atoms with Crippen molar-refractivity contribution >= 4 is 12.0 Å². The SMILES string of the molecule is CC(C)(C)N(CCC(=O)O)C(=O)NCC(F)(F)C(F)F. The number of hydrogen-bond donors (Lipinski definition) is 2. The Hall–Kier alpha value is -1.54. The molecule has 0 aliphatic rings. The van der Waals surface area contributed by atoms with Crippen LogP contribution in [0.15, 0.2) is 0 Å². The Labute approximate surface area is 113 Å². The molecule has 0 spiro atoms. The lowest BCUT2D eigenvalue weighted by molar-refractivity contribution is -0.137. The molecular weight excluding hydrogens is 284 g/mol. The second-order valence-electron chi connectivity index (χ2n) is 5.19. The third kappa shape index (κ3) is 6.07. The van der Waals surface area contributed by atoms with Crippen LogP contribution in [-0.2, 0) is 4.79 Å². The maximum absolute atomic E-state index is 12.7. The van der Waals surface area contributed by atoms with Gasteiger partial charge in [-0.15, -0.1) is 0 Å². The number of alkyl halides is 4. The summed E-state index contributed by atoms with van der Waals surface area (Å²) in [7, 11) is 0. The fourth-order valence-corrected chi connectivity index (χ4v) is 1.32. The Balaban J connectivity index is 4.69. The van der Waals surface area contributed by atoms with E-state index in [2.05, 4.69) is 0 Å². The van der Waals surface area contributed by atoms with Gasteiger partial charge in [0, 0.05) is 12.1 Å². The number of nitrogens with zero attached hydrogens (tertiary/aromatic N) is 1. The summed E-state index contributed by atoms with van der Waals surface area (Å²) in [4.78, 5) is 23.2. The van der Waals surface area contributed by atoms with Crippen molar-refractivity contribution in [1.82, 2.24) is 10.2 Å². The van der Waals surface area contributed by atoms with Crippen LogP contribution < -0.4 is 5.32 Å². The molecular formula is C11H18F4N2O3. The molecule has 0 aromatic carbocycles. The van der Waals surface area contributed by atoms with Crippen LogP contribution >= 0.6 is 0 Å². The number of urea groups is 1. The predicted octanol–water partition coefficient (Wildman–Crippen LogP) is 2.17. The fraction of sp³-hybridized carbons (Fsp3) is 0.818. The quantitative estimate of drug-likeness (QED) is 0.739. The zero-order chi connectivity index (χ0) is 16.1. The summed E-state index contributed by atoms with van der Waals surface area (Å²) in [6.07, 6.45) is -4.26. The maximum atomic E-state index is 12.7. The van der Waals surface area contributed by atoms with Crippen LogP contribution in [0, 0.1) is 0 Å². The molecule has 0 aromatic rings. The van der Waals surface area contributed by atoms with E-state index in [1.54, 1.807) is 26.1 Å². The number of carboxylic acids is 1. The molecule has 0 radical (unpaired) electrons. The first-order valence-electron chi connectivity index (χ1n) is 5.81. The van der Waals surface area contributed by atoms with Gasteiger partial charge in [0.05, 0.1) is 13.0 Å². The number of hydrogen-bond acceptors (Lipinski definition) is 2. The Morgan fingerprint density at radius 2 is 1.75 bits per heavy atom. The van der Waals surface area contributed by atoms with Crippen LogP contribution in [0.3, 0.4) is 0 Å². The van der Waals surface area contributed by atoms with Gasteiger partial charge in [0.1, 0.15) is 0 Å². The zero-order valence-electron chi connectivity index (χ0n) is 11.4. The minimum absolute atomic E-state index is 0.217. The van der Waals surface area contributed by atoms with Crippen LogP contribution in [-0.4, -0.2) is 53.0 Å². The standard InChI is InChI=1S/C11H18F4N2O3/c1-10(2,3)17(5-4-7(18)19)9(20)16-6-11(14,15)8(12)13/h8H,4-6H2,1-3H3,(H,16,20)(H,18,19). The van der Waals surface area contributed by atoms with E-state index in [9.17, 15) is 27.2 Å². The highest BCUT2D eigenvalue weighted by molar-refractivity contribution is 5.76. The summed E-state index contributed by atoms with van der Waals surface area (Å²) in [6.45, 7) is 2.98. The second kappa shape index (κ2) is 6.76. The molecule has 0 heterocycles. The molecule has 0 fully saturated rings. The number of carboxylic acid groups (broad SMARTS) is 1. The highest BCUT2D eigenvalue weighted by Gasteiger charge is 2.41. The van der Waals surface area contributed by atoms with E-state index in [4.69, 9.17) is 5.11 Å². The van der Waals surface area contributed by atoms with Gasteiger partial charge in [-0.05, 0) is 20.8 Å². The molecule has 118 valence electrons. The van der Waals surface area contributed by atoms with Gasteiger partial charge in [-0.25, -0.2) is 13.6 Å². The number of aliphatic carboxylic acids is 1. The molecule has 9 heteroatoms. The molecule has 0 saturated heterocycles. The molecule has 0 rings (SSSR count). The summed E-state index contributed by atoms with van der Waals surface area (Å²) in [5.41, 5.74) is -0.834. The molecule has 0 aliphatic carbocycles. The summed E-state index contributed by atoms with van der Waals surface area (Å²) in [6, 6.07) is -1.01. The van der Waals surface area contributed by atoms with Crippen LogP contribution in [0.25, 0.3) is 0 Å². The molecule has 20 heavy (non-hydrogen) atoms. The van der Waals surface area contributed by atoms with Crippen molar-refractivity contribution in [2.24, 2.45) is 0 Å². The predicted molar refractivity (Wildman–Crippen MR) is 63.1 cm³/mol. The topological polar surface area (TPSA) is 69.6 Å². The number of amides is 2. The zero-order valence-corrected chi connectivity index (χ0v) is 11.4. The molecule has 2 amide bonds. The number of halogens is 4. The number of nitrogens with one attached hydrogen (secondary N) is 1. The van der Waals surface area contributed by atoms with Gasteiger partial charge in [-0.2, -0.15) is 8.78 Å². The molecule has 0 aromatic heterocycles. The van der Waals surface area contributed by atoms with Gasteiger partial charge < -0.3 is 15.3 Å². The molecule has 2 N–H and O–H groups in total. The third-order valence-electron chi connectivity index (χ3n) is 2.40. The monoisotopic (exact) mass is 302 g/mol. The molecule has 0 unspecified atom stereocenters. The number of carbonyl (C=O) groups excluding carboxylic acids is 1. The lowest BCUT2D eigenvalue weighted by Crippen LogP contribution is -2.53. The first-order chi connectivity index (χ1) is 8.88. The molecule has 0 aliphatic heterocycles. The Morgan fingerprint density at radius 3 is 2.10 bits per heavy atom. The van der Waals surface area contributed by atoms with Crippen molar-refractivity contribution in [3.8, 4) is 0 Å². The van der Waals surface area contributed by atoms with Crippen LogP contribution in [0.2, 0.25) is 0 Å². The van der Waals surface area contributed by atoms with Crippen molar-refractivity contribution in [1.29, 1.82) is 0 Å². The Bertz CT molecular complexity index is 356. The van der Waals surface area contributed by atoms with Crippen molar-refractivity contribution < 1.29 is 32.3 Å². The lowest BCUT2D eigenvalue weighted by Gasteiger charge is -2.35. The maximum Gasteiger partial charge on any atom is 0.324 e. The van der Waals surface area contributed by atoms with Crippen LogP contribution in [0.1, 0.15) is 27.2 Å². The normalized spacial score (nSPS) is 12.4. The molecule has 0 atom stereocenters. The van der Waals surface area contributed by atoms with Gasteiger partial charge in [-0.3, -0.25) is 4.79 Å². The highest BCUT2D eigenvalue weighted by atomic mass is 19.3. The molecule has 0 bridgehead atoms. The van der Waals surface area contributed by atoms with E-state index in [0.29, 0.717) is 0 Å². The average Bonchev–Trinajstić information content (AvgIpc) is 2.24. The summed E-state index contributed by atoms with van der Waals surface area (Å²) in [5, 5.41) is 10.3. The van der Waals surface area contributed by atoms with Crippen molar-refractivity contribution in [3.63, 3.8) is 0 Å². The van der Waals surface area contributed by atoms with Crippen molar-refractivity contribution in [3.05, 3.63) is 0 Å². The van der Waals surface area contributed by atoms with Crippen LogP contribution in [0.5, 0.6) is 0 Å². The fourth-order valence-electron chi connectivity index (χ4n) is 1.32. The number of rotatable bonds is 6. The van der Waals surface area contributed by atoms with Gasteiger partial charge in [0.25, 0.3) is 0 Å². The van der Waals surface area contributed by atoms with E-state index < -0.39 is 36.4 Å². The Kier molecular flexibility index (Phi) is 6.24. The number of carbonyl (C=O) groups is 2. The summed E-state index contributed by atoms with van der Waals surface area (Å²) < 4.78 is 49.3. The van der Waals surface area contributed by atoms with Gasteiger partial charge in [0.15, 0.2) is 0 Å². The largest absolute Gasteiger partial charge is 0.481 e. The third-order valence-corrected chi connectivity index (χ3v) is 2.40. The highest BCUT2D eigenvalue weighted by Crippen LogP contribution is 2.22. The van der Waals surface area contributed by atoms with Gasteiger partial charge >= 0.3 is 24.3 Å². The van der Waals surface area contributed by atoms with E-state index in [0.717, 1.165) is 4.90 Å². The molecule has 5 nitrogen and oxygen atoms in total. The van der Waals surface area contributed by atoms with Crippen molar-refractivity contribution in [2.75, 3.05) is 13.1 Å². The van der Waals surface area contributed by atoms with E-state index in [1.165, 1.54) is 0 Å². The minimum atomic E-state index is -4.33. The average molecular weight is 302 g/mol. The second-order valence-corrected chi connectivity index (χ2v) is 5.19. The minimum Gasteiger partial charge on any atom is -0.481 e. The smallest absolute Gasteiger partial charge is 0.324 e. The lowest BCUT2D eigenvalue weighted by atomic mass is 10.1. The first-order valence-corrected chi connectivity index (χ1v) is 5.81. The van der Waals surface area contributed by atoms with Gasteiger partial charge in [0.2, 0.25) is 0 Å². The summed E-state index contributed by atoms with van der Waals surface area (Å²) in [5.74, 6) is -5.49. The van der Waals surface area contributed by atoms with Crippen molar-refractivity contribution in [2.45, 2.75) is 45.1 Å². The van der Waals surface area contributed by atoms with E-state index in [1.807, 2.05) is 0 Å².